The lowest BCUT2D eigenvalue weighted by atomic mass is 10.1. The van der Waals surface area contributed by atoms with Crippen LogP contribution in [0.15, 0.2) is 76.6 Å². The normalized spacial score (nSPS) is 11.1. The summed E-state index contributed by atoms with van der Waals surface area (Å²) in [6, 6.07) is 16.0. The van der Waals surface area contributed by atoms with E-state index in [4.69, 9.17) is 17.3 Å². The minimum atomic E-state index is -0.320. The van der Waals surface area contributed by atoms with Gasteiger partial charge in [0, 0.05) is 34.9 Å². The molecule has 2 aromatic carbocycles. The molecule has 0 saturated carbocycles. The summed E-state index contributed by atoms with van der Waals surface area (Å²) in [4.78, 5) is 25.6. The van der Waals surface area contributed by atoms with Crippen LogP contribution >= 0.6 is 11.6 Å². The Morgan fingerprint density at radius 3 is 2.43 bits per heavy atom. The van der Waals surface area contributed by atoms with Gasteiger partial charge in [0.2, 0.25) is 0 Å². The first-order chi connectivity index (χ1) is 13.4. The van der Waals surface area contributed by atoms with Gasteiger partial charge in [0.1, 0.15) is 5.39 Å². The lowest BCUT2D eigenvalue weighted by Gasteiger charge is -2.15. The number of benzene rings is 2. The molecule has 0 bridgehead atoms. The molecule has 2 heterocycles. The van der Waals surface area contributed by atoms with E-state index in [1.165, 1.54) is 10.6 Å². The summed E-state index contributed by atoms with van der Waals surface area (Å²) in [5, 5.41) is 0.798. The molecule has 4 aromatic rings. The highest BCUT2D eigenvalue weighted by Gasteiger charge is 2.12. The molecular weight excluding hydrogens is 374 g/mol. The molecule has 2 N–H and O–H groups in total. The fourth-order valence-corrected chi connectivity index (χ4v) is 3.50. The summed E-state index contributed by atoms with van der Waals surface area (Å²) in [7, 11) is 0. The molecule has 6 heteroatoms. The van der Waals surface area contributed by atoms with Gasteiger partial charge >= 0.3 is 0 Å². The Morgan fingerprint density at radius 2 is 1.71 bits per heavy atom. The molecule has 0 atom stereocenters. The topological polar surface area (TPSA) is 70.0 Å². The van der Waals surface area contributed by atoms with Gasteiger partial charge in [0.25, 0.3) is 5.56 Å². The van der Waals surface area contributed by atoms with Crippen LogP contribution in [0.3, 0.4) is 0 Å². The lowest BCUT2D eigenvalue weighted by molar-refractivity contribution is 0.766. The molecule has 5 nitrogen and oxygen atoms in total. The van der Waals surface area contributed by atoms with Crippen molar-refractivity contribution >= 4 is 28.2 Å². The molecule has 0 aliphatic heterocycles. The van der Waals surface area contributed by atoms with Crippen molar-refractivity contribution < 1.29 is 0 Å². The predicted molar refractivity (Wildman–Crippen MR) is 114 cm³/mol. The Labute approximate surface area is 166 Å². The van der Waals surface area contributed by atoms with Gasteiger partial charge < -0.3 is 14.9 Å². The molecule has 0 radical (unpaired) electrons. The number of pyridine rings is 2. The molecule has 0 saturated heterocycles. The van der Waals surface area contributed by atoms with Crippen molar-refractivity contribution in [1.29, 1.82) is 0 Å². The summed E-state index contributed by atoms with van der Waals surface area (Å²) in [6.45, 7) is 2.30. The molecular formula is C22H18ClN3O2. The van der Waals surface area contributed by atoms with Gasteiger partial charge in [-0.25, -0.2) is 0 Å². The second-order valence-corrected chi connectivity index (χ2v) is 7.17. The zero-order chi connectivity index (χ0) is 19.8. The monoisotopic (exact) mass is 391 g/mol. The molecule has 0 aliphatic carbocycles. The van der Waals surface area contributed by atoms with E-state index in [1.54, 1.807) is 36.7 Å². The summed E-state index contributed by atoms with van der Waals surface area (Å²) in [5.41, 5.74) is 9.21. The number of aryl methyl sites for hydroxylation is 1. The number of rotatable bonds is 3. The lowest BCUT2D eigenvalue weighted by Crippen LogP contribution is -2.25. The van der Waals surface area contributed by atoms with Crippen molar-refractivity contribution in [2.45, 2.75) is 13.5 Å². The maximum Gasteiger partial charge on any atom is 0.264 e. The Morgan fingerprint density at radius 1 is 0.964 bits per heavy atom. The average Bonchev–Trinajstić information content (AvgIpc) is 2.66. The minimum absolute atomic E-state index is 0.162. The van der Waals surface area contributed by atoms with Crippen molar-refractivity contribution in [2.24, 2.45) is 0 Å². The maximum atomic E-state index is 13.0. The number of nitrogens with zero attached hydrogens (tertiary/aromatic N) is 2. The van der Waals surface area contributed by atoms with Crippen LogP contribution in [0.4, 0.5) is 5.69 Å². The molecule has 4 rings (SSSR count). The largest absolute Gasteiger partial charge is 0.399 e. The number of halogens is 1. The SMILES string of the molecule is Cc1cc(N)ccc1-n1ccc(=O)c2c(=O)n(Cc3ccc(Cl)cc3)ccc21. The van der Waals surface area contributed by atoms with Crippen LogP contribution in [-0.2, 0) is 6.54 Å². The van der Waals surface area contributed by atoms with Crippen LogP contribution < -0.4 is 16.7 Å². The van der Waals surface area contributed by atoms with E-state index in [0.29, 0.717) is 22.8 Å². The highest BCUT2D eigenvalue weighted by Crippen LogP contribution is 2.20. The number of fused-ring (bicyclic) bond motifs is 1. The smallest absolute Gasteiger partial charge is 0.264 e. The fourth-order valence-electron chi connectivity index (χ4n) is 3.37. The molecule has 28 heavy (non-hydrogen) atoms. The van der Waals surface area contributed by atoms with Crippen molar-refractivity contribution in [3.05, 3.63) is 104 Å². The van der Waals surface area contributed by atoms with Gasteiger partial charge in [-0.3, -0.25) is 9.59 Å². The molecule has 0 spiro atoms. The number of hydrogen-bond acceptors (Lipinski definition) is 3. The summed E-state index contributed by atoms with van der Waals surface area (Å²) in [5.74, 6) is 0. The number of nitrogen functional groups attached to an aromatic ring is 1. The molecule has 0 amide bonds. The molecule has 0 fully saturated rings. The van der Waals surface area contributed by atoms with E-state index in [1.807, 2.05) is 35.8 Å². The first-order valence-corrected chi connectivity index (χ1v) is 9.17. The first kappa shape index (κ1) is 18.1. The predicted octanol–water partition coefficient (Wildman–Crippen LogP) is 3.74. The second-order valence-electron chi connectivity index (χ2n) is 6.73. The Kier molecular flexibility index (Phi) is 4.53. The van der Waals surface area contributed by atoms with E-state index < -0.39 is 0 Å². The number of hydrogen-bond donors (Lipinski definition) is 1. The highest BCUT2D eigenvalue weighted by molar-refractivity contribution is 6.30. The van der Waals surface area contributed by atoms with Crippen molar-refractivity contribution in [3.63, 3.8) is 0 Å². The van der Waals surface area contributed by atoms with E-state index in [9.17, 15) is 9.59 Å². The van der Waals surface area contributed by atoms with E-state index in [0.717, 1.165) is 16.8 Å². The zero-order valence-electron chi connectivity index (χ0n) is 15.2. The molecule has 2 aromatic heterocycles. The van der Waals surface area contributed by atoms with E-state index in [2.05, 4.69) is 0 Å². The fraction of sp³-hybridized carbons (Fsp3) is 0.0909. The van der Waals surface area contributed by atoms with Crippen LogP contribution in [0.2, 0.25) is 5.02 Å². The third-order valence-corrected chi connectivity index (χ3v) is 5.02. The Bertz CT molecular complexity index is 1300. The number of nitrogens with two attached hydrogens (primary N) is 1. The third kappa shape index (κ3) is 3.21. The minimum Gasteiger partial charge on any atom is -0.399 e. The van der Waals surface area contributed by atoms with Gasteiger partial charge in [0.15, 0.2) is 5.43 Å². The van der Waals surface area contributed by atoms with Gasteiger partial charge in [-0.2, -0.15) is 0 Å². The van der Waals surface area contributed by atoms with Gasteiger partial charge in [-0.05, 0) is 54.4 Å². The van der Waals surface area contributed by atoms with Crippen molar-refractivity contribution in [2.75, 3.05) is 5.73 Å². The Hall–Kier alpha value is -3.31. The highest BCUT2D eigenvalue weighted by atomic mass is 35.5. The van der Waals surface area contributed by atoms with Crippen molar-refractivity contribution in [3.8, 4) is 5.69 Å². The van der Waals surface area contributed by atoms with E-state index in [-0.39, 0.29) is 16.4 Å². The third-order valence-electron chi connectivity index (χ3n) is 4.77. The summed E-state index contributed by atoms with van der Waals surface area (Å²) < 4.78 is 3.38. The number of anilines is 1. The van der Waals surface area contributed by atoms with Gasteiger partial charge in [-0.15, -0.1) is 0 Å². The standard InChI is InChI=1S/C22H18ClN3O2/c1-14-12-17(24)6-7-18(14)26-11-9-20(27)21-19(26)8-10-25(22(21)28)13-15-2-4-16(23)5-3-15/h2-12H,13,24H2,1H3. The van der Waals surface area contributed by atoms with Crippen LogP contribution in [0.25, 0.3) is 16.6 Å². The van der Waals surface area contributed by atoms with Crippen LogP contribution in [-0.4, -0.2) is 9.13 Å². The van der Waals surface area contributed by atoms with E-state index >= 15 is 0 Å². The van der Waals surface area contributed by atoms with Crippen LogP contribution in [0.5, 0.6) is 0 Å². The van der Waals surface area contributed by atoms with Crippen LogP contribution in [0, 0.1) is 6.92 Å². The molecule has 0 aliphatic rings. The van der Waals surface area contributed by atoms with Gasteiger partial charge in [0.05, 0.1) is 12.1 Å². The molecule has 0 unspecified atom stereocenters. The molecule has 140 valence electrons. The summed E-state index contributed by atoms with van der Waals surface area (Å²) in [6.07, 6.45) is 3.40. The first-order valence-electron chi connectivity index (χ1n) is 8.80. The average molecular weight is 392 g/mol. The second kappa shape index (κ2) is 7.02. The number of aromatic nitrogens is 2. The quantitative estimate of drug-likeness (QED) is 0.541. The van der Waals surface area contributed by atoms with Crippen LogP contribution in [0.1, 0.15) is 11.1 Å². The Balaban J connectivity index is 1.89. The summed E-state index contributed by atoms with van der Waals surface area (Å²) >= 11 is 5.92. The van der Waals surface area contributed by atoms with Gasteiger partial charge in [-0.1, -0.05) is 23.7 Å². The zero-order valence-corrected chi connectivity index (χ0v) is 16.0. The van der Waals surface area contributed by atoms with Crippen molar-refractivity contribution in [1.82, 2.24) is 9.13 Å². The maximum absolute atomic E-state index is 13.0.